The number of amides is 2. The SMILES string of the molecule is CSCC[C@H](NC(=O)[C@H](Cc1ccccc1)NC(=O)[C@@H](NCc1cc(C(F)(F)F)ccc1O)C(C)C)C(=O)O.Cl. The average molecular weight is 606 g/mol. The minimum atomic E-state index is -4.60. The van der Waals surface area contributed by atoms with Crippen molar-refractivity contribution in [1.29, 1.82) is 0 Å². The summed E-state index contributed by atoms with van der Waals surface area (Å²) in [4.78, 5) is 38.1. The maximum Gasteiger partial charge on any atom is 0.416 e. The molecule has 0 heterocycles. The first-order valence-electron chi connectivity index (χ1n) is 12.3. The second-order valence-electron chi connectivity index (χ2n) is 9.38. The van der Waals surface area contributed by atoms with E-state index in [1.54, 1.807) is 44.2 Å². The molecule has 0 unspecified atom stereocenters. The van der Waals surface area contributed by atoms with E-state index in [1.807, 2.05) is 6.26 Å². The first-order valence-corrected chi connectivity index (χ1v) is 13.7. The Morgan fingerprint density at radius 2 is 1.60 bits per heavy atom. The Hall–Kier alpha value is -2.96. The number of thioether (sulfide) groups is 1. The Morgan fingerprint density at radius 1 is 0.975 bits per heavy atom. The van der Waals surface area contributed by atoms with Crippen molar-refractivity contribution in [3.8, 4) is 5.75 Å². The highest BCUT2D eigenvalue weighted by Gasteiger charge is 2.32. The standard InChI is InChI=1S/C27H34F3N3O5S.ClH/c1-16(2)23(31-15-18-14-19(27(28,29)30)9-10-22(18)34)25(36)33-21(13-17-7-5-4-6-8-17)24(35)32-20(26(37)38)11-12-39-3;/h4-10,14,16,20-21,23,31,34H,11-13,15H2,1-3H3,(H,32,35)(H,33,36)(H,37,38);1H/t20-,21-,23-;/m0./s1. The molecule has 40 heavy (non-hydrogen) atoms. The van der Waals surface area contributed by atoms with E-state index < -0.39 is 47.6 Å². The van der Waals surface area contributed by atoms with E-state index in [4.69, 9.17) is 0 Å². The summed E-state index contributed by atoms with van der Waals surface area (Å²) in [5, 5.41) is 27.6. The topological polar surface area (TPSA) is 128 Å². The van der Waals surface area contributed by atoms with Crippen molar-refractivity contribution in [3.63, 3.8) is 0 Å². The third-order valence-corrected chi connectivity index (χ3v) is 6.65. The van der Waals surface area contributed by atoms with E-state index in [0.29, 0.717) is 5.75 Å². The van der Waals surface area contributed by atoms with Crippen LogP contribution in [-0.4, -0.2) is 58.1 Å². The van der Waals surface area contributed by atoms with Gasteiger partial charge < -0.3 is 26.2 Å². The Morgan fingerprint density at radius 3 is 2.15 bits per heavy atom. The van der Waals surface area contributed by atoms with Crippen molar-refractivity contribution < 1.29 is 37.8 Å². The molecule has 2 aromatic rings. The molecule has 2 rings (SSSR count). The number of phenolic OH excluding ortho intramolecular Hbond substituents is 1. The normalized spacial score (nSPS) is 13.6. The van der Waals surface area contributed by atoms with Crippen LogP contribution in [0.5, 0.6) is 5.75 Å². The van der Waals surface area contributed by atoms with Gasteiger partial charge in [0.2, 0.25) is 11.8 Å². The summed E-state index contributed by atoms with van der Waals surface area (Å²) in [6.45, 7) is 3.20. The number of nitrogens with one attached hydrogen (secondary N) is 3. The van der Waals surface area contributed by atoms with Crippen molar-refractivity contribution in [2.24, 2.45) is 5.92 Å². The van der Waals surface area contributed by atoms with Gasteiger partial charge in [-0.05, 0) is 48.1 Å². The van der Waals surface area contributed by atoms with Crippen LogP contribution in [-0.2, 0) is 33.5 Å². The molecule has 0 radical (unpaired) electrons. The molecule has 0 saturated heterocycles. The van der Waals surface area contributed by atoms with Gasteiger partial charge in [-0.2, -0.15) is 24.9 Å². The minimum Gasteiger partial charge on any atom is -0.508 e. The summed E-state index contributed by atoms with van der Waals surface area (Å²) in [5.41, 5.74) is -0.242. The van der Waals surface area contributed by atoms with Gasteiger partial charge in [0.05, 0.1) is 11.6 Å². The van der Waals surface area contributed by atoms with Crippen LogP contribution in [0.4, 0.5) is 13.2 Å². The lowest BCUT2D eigenvalue weighted by atomic mass is 10.00. The van der Waals surface area contributed by atoms with E-state index >= 15 is 0 Å². The van der Waals surface area contributed by atoms with Gasteiger partial charge in [0.25, 0.3) is 0 Å². The molecule has 0 aliphatic rings. The lowest BCUT2D eigenvalue weighted by Gasteiger charge is -2.26. The molecule has 0 aromatic heterocycles. The molecule has 13 heteroatoms. The Balaban J connectivity index is 0.00000800. The number of carboxylic acid groups (broad SMARTS) is 1. The van der Waals surface area contributed by atoms with Gasteiger partial charge >= 0.3 is 12.1 Å². The van der Waals surface area contributed by atoms with Gasteiger partial charge in [-0.25, -0.2) is 4.79 Å². The summed E-state index contributed by atoms with van der Waals surface area (Å²) in [7, 11) is 0. The van der Waals surface area contributed by atoms with Crippen LogP contribution in [0.2, 0.25) is 0 Å². The average Bonchev–Trinajstić information content (AvgIpc) is 2.86. The molecular formula is C27H35ClF3N3O5S. The zero-order valence-electron chi connectivity index (χ0n) is 22.3. The highest BCUT2D eigenvalue weighted by atomic mass is 35.5. The Bertz CT molecular complexity index is 1120. The molecule has 2 aromatic carbocycles. The third kappa shape index (κ3) is 10.9. The van der Waals surface area contributed by atoms with Gasteiger partial charge in [-0.3, -0.25) is 9.59 Å². The van der Waals surface area contributed by atoms with Gasteiger partial charge in [-0.1, -0.05) is 44.2 Å². The number of hydrogen-bond donors (Lipinski definition) is 5. The van der Waals surface area contributed by atoms with E-state index in [0.717, 1.165) is 23.8 Å². The van der Waals surface area contributed by atoms with Crippen molar-refractivity contribution in [2.45, 2.75) is 57.5 Å². The van der Waals surface area contributed by atoms with Crippen LogP contribution >= 0.6 is 24.2 Å². The minimum absolute atomic E-state index is 0. The van der Waals surface area contributed by atoms with Crippen LogP contribution in [0, 0.1) is 5.92 Å². The first-order chi connectivity index (χ1) is 18.3. The third-order valence-electron chi connectivity index (χ3n) is 6.01. The van der Waals surface area contributed by atoms with E-state index in [-0.39, 0.29) is 49.0 Å². The molecule has 2 amide bonds. The fourth-order valence-corrected chi connectivity index (χ4v) is 4.31. The number of alkyl halides is 3. The number of benzene rings is 2. The largest absolute Gasteiger partial charge is 0.508 e. The predicted molar refractivity (Wildman–Crippen MR) is 150 cm³/mol. The number of hydrogen-bond acceptors (Lipinski definition) is 6. The van der Waals surface area contributed by atoms with Crippen LogP contribution in [0.15, 0.2) is 48.5 Å². The van der Waals surface area contributed by atoms with Crippen molar-refractivity contribution in [2.75, 3.05) is 12.0 Å². The zero-order valence-corrected chi connectivity index (χ0v) is 24.0. The number of carbonyl (C=O) groups is 3. The zero-order chi connectivity index (χ0) is 29.2. The van der Waals surface area contributed by atoms with Crippen molar-refractivity contribution >= 4 is 42.0 Å². The number of carboxylic acids is 1. The number of carbonyl (C=O) groups excluding carboxylic acids is 2. The maximum atomic E-state index is 13.3. The van der Waals surface area contributed by atoms with Crippen LogP contribution in [0.1, 0.15) is 37.0 Å². The molecular weight excluding hydrogens is 571 g/mol. The molecule has 0 aliphatic heterocycles. The predicted octanol–water partition coefficient (Wildman–Crippen LogP) is 4.00. The lowest BCUT2D eigenvalue weighted by Crippen LogP contribution is -2.56. The molecule has 0 spiro atoms. The molecule has 222 valence electrons. The Labute approximate surface area is 241 Å². The molecule has 0 bridgehead atoms. The molecule has 0 aliphatic carbocycles. The summed E-state index contributed by atoms with van der Waals surface area (Å²) in [6, 6.07) is 8.21. The molecule has 5 N–H and O–H groups in total. The number of phenols is 1. The lowest BCUT2D eigenvalue weighted by molar-refractivity contribution is -0.142. The first kappa shape index (κ1) is 35.1. The van der Waals surface area contributed by atoms with Gasteiger partial charge in [0, 0.05) is 18.5 Å². The Kier molecular flexibility index (Phi) is 14.3. The molecule has 8 nitrogen and oxygen atoms in total. The van der Waals surface area contributed by atoms with Crippen molar-refractivity contribution in [3.05, 3.63) is 65.2 Å². The smallest absolute Gasteiger partial charge is 0.416 e. The van der Waals surface area contributed by atoms with Crippen LogP contribution in [0.25, 0.3) is 0 Å². The van der Waals surface area contributed by atoms with E-state index in [2.05, 4.69) is 16.0 Å². The number of rotatable bonds is 14. The van der Waals surface area contributed by atoms with E-state index in [9.17, 15) is 37.8 Å². The van der Waals surface area contributed by atoms with Crippen LogP contribution < -0.4 is 16.0 Å². The van der Waals surface area contributed by atoms with Gasteiger partial charge in [0.1, 0.15) is 17.8 Å². The number of halogens is 4. The van der Waals surface area contributed by atoms with E-state index in [1.165, 1.54) is 11.8 Å². The monoisotopic (exact) mass is 605 g/mol. The van der Waals surface area contributed by atoms with Crippen molar-refractivity contribution in [1.82, 2.24) is 16.0 Å². The number of aromatic hydroxyl groups is 1. The fraction of sp³-hybridized carbons (Fsp3) is 0.444. The quantitative estimate of drug-likeness (QED) is 0.220. The summed E-state index contributed by atoms with van der Waals surface area (Å²) in [6.07, 6.45) is -2.49. The molecule has 3 atom stereocenters. The molecule has 0 fully saturated rings. The summed E-state index contributed by atoms with van der Waals surface area (Å²) < 4.78 is 39.4. The second kappa shape index (κ2) is 16.3. The van der Waals surface area contributed by atoms with Gasteiger partial charge in [-0.15, -0.1) is 12.4 Å². The highest BCUT2D eigenvalue weighted by molar-refractivity contribution is 7.98. The molecule has 0 saturated carbocycles. The van der Waals surface area contributed by atoms with Crippen LogP contribution in [0.3, 0.4) is 0 Å². The maximum absolute atomic E-state index is 13.3. The number of aliphatic carboxylic acids is 1. The summed E-state index contributed by atoms with van der Waals surface area (Å²) >= 11 is 1.44. The fourth-order valence-electron chi connectivity index (χ4n) is 3.84. The highest BCUT2D eigenvalue weighted by Crippen LogP contribution is 2.32. The van der Waals surface area contributed by atoms with Gasteiger partial charge in [0.15, 0.2) is 0 Å². The summed E-state index contributed by atoms with van der Waals surface area (Å²) in [5.74, 6) is -2.64. The second-order valence-corrected chi connectivity index (χ2v) is 10.4.